The van der Waals surface area contributed by atoms with Crippen LogP contribution in [0, 0.1) is 13.8 Å². The van der Waals surface area contributed by atoms with Gasteiger partial charge in [-0.25, -0.2) is 0 Å². The molecule has 118 valence electrons. The Balaban J connectivity index is 2.08. The maximum Gasteiger partial charge on any atom is 0.264 e. The van der Waals surface area contributed by atoms with Crippen molar-refractivity contribution in [1.29, 1.82) is 0 Å². The quantitative estimate of drug-likeness (QED) is 0.789. The van der Waals surface area contributed by atoms with Gasteiger partial charge in [-0.2, -0.15) is 0 Å². The van der Waals surface area contributed by atoms with Gasteiger partial charge in [-0.15, -0.1) is 0 Å². The molecule has 3 rings (SSSR count). The Morgan fingerprint density at radius 3 is 2.57 bits per heavy atom. The minimum absolute atomic E-state index is 0.163. The van der Waals surface area contributed by atoms with Crippen LogP contribution in [-0.2, 0) is 4.79 Å². The number of ether oxygens (including phenoxy) is 1. The molecule has 0 saturated carbocycles. The fraction of sp³-hybridized carbons (Fsp3) is 0.222. The van der Waals surface area contributed by atoms with Gasteiger partial charge in [0.05, 0.1) is 12.1 Å². The van der Waals surface area contributed by atoms with Gasteiger partial charge in [0.2, 0.25) is 6.41 Å². The minimum Gasteiger partial charge on any atom is -0.483 e. The molecule has 2 aromatic rings. The summed E-state index contributed by atoms with van der Waals surface area (Å²) < 4.78 is 6.04. The van der Waals surface area contributed by atoms with Crippen LogP contribution in [0.3, 0.4) is 0 Å². The Morgan fingerprint density at radius 1 is 1.22 bits per heavy atom. The average Bonchev–Trinajstić information content (AvgIpc) is 2.66. The lowest BCUT2D eigenvalue weighted by molar-refractivity contribution is -0.116. The zero-order valence-electron chi connectivity index (χ0n) is 12.9. The van der Waals surface area contributed by atoms with E-state index in [4.69, 9.17) is 16.3 Å². The summed E-state index contributed by atoms with van der Waals surface area (Å²) in [6.45, 7) is 4.01. The third-order valence-electron chi connectivity index (χ3n) is 3.96. The predicted molar refractivity (Wildman–Crippen MR) is 87.8 cm³/mol. The van der Waals surface area contributed by atoms with E-state index in [1.165, 1.54) is 0 Å². The lowest BCUT2D eigenvalue weighted by atomic mass is 10.1. The standard InChI is InChI=1S/C18H16ClNO3/c1-11-3-5-13(6-4-11)17-9-20(10-21)18(22)14-8-15(19)12(2)7-16(14)23-17/h3-8,10,17H,9H2,1-2H3. The summed E-state index contributed by atoms with van der Waals surface area (Å²) in [5.74, 6) is 0.0540. The number of amides is 2. The van der Waals surface area contributed by atoms with Crippen LogP contribution in [0.15, 0.2) is 36.4 Å². The van der Waals surface area contributed by atoms with Crippen molar-refractivity contribution in [1.82, 2.24) is 4.90 Å². The van der Waals surface area contributed by atoms with Crippen molar-refractivity contribution >= 4 is 23.9 Å². The molecule has 0 fully saturated rings. The Labute approximate surface area is 139 Å². The van der Waals surface area contributed by atoms with Crippen LogP contribution in [0.4, 0.5) is 0 Å². The number of halogens is 1. The first-order chi connectivity index (χ1) is 11.0. The van der Waals surface area contributed by atoms with E-state index in [1.54, 1.807) is 12.1 Å². The Kier molecular flexibility index (Phi) is 4.09. The third-order valence-corrected chi connectivity index (χ3v) is 4.37. The fourth-order valence-electron chi connectivity index (χ4n) is 2.57. The monoisotopic (exact) mass is 329 g/mol. The summed E-state index contributed by atoms with van der Waals surface area (Å²) in [6, 6.07) is 11.1. The van der Waals surface area contributed by atoms with E-state index in [1.807, 2.05) is 38.1 Å². The van der Waals surface area contributed by atoms with Gasteiger partial charge in [-0.1, -0.05) is 41.4 Å². The summed E-state index contributed by atoms with van der Waals surface area (Å²) in [6.07, 6.45) is 0.127. The van der Waals surface area contributed by atoms with E-state index < -0.39 is 12.0 Å². The highest BCUT2D eigenvalue weighted by atomic mass is 35.5. The molecule has 1 aliphatic heterocycles. The molecular weight excluding hydrogens is 314 g/mol. The molecule has 0 aliphatic carbocycles. The van der Waals surface area contributed by atoms with Gasteiger partial charge in [0.25, 0.3) is 5.91 Å². The number of hydrogen-bond acceptors (Lipinski definition) is 3. The molecular formula is C18H16ClNO3. The van der Waals surface area contributed by atoms with Crippen molar-refractivity contribution in [3.05, 3.63) is 63.7 Å². The van der Waals surface area contributed by atoms with Gasteiger partial charge in [0.15, 0.2) is 0 Å². The van der Waals surface area contributed by atoms with E-state index in [-0.39, 0.29) is 6.54 Å². The second-order valence-electron chi connectivity index (χ2n) is 5.68. The lowest BCUT2D eigenvalue weighted by Crippen LogP contribution is -2.32. The molecule has 1 atom stereocenters. The molecule has 0 spiro atoms. The zero-order chi connectivity index (χ0) is 16.6. The van der Waals surface area contributed by atoms with Gasteiger partial charge in [-0.3, -0.25) is 14.5 Å². The number of aryl methyl sites for hydroxylation is 2. The molecule has 23 heavy (non-hydrogen) atoms. The van der Waals surface area contributed by atoms with Crippen LogP contribution in [0.25, 0.3) is 0 Å². The third kappa shape index (κ3) is 2.94. The minimum atomic E-state index is -0.411. The van der Waals surface area contributed by atoms with Gasteiger partial charge < -0.3 is 4.74 Å². The average molecular weight is 330 g/mol. The van der Waals surface area contributed by atoms with Gasteiger partial charge in [0, 0.05) is 5.02 Å². The van der Waals surface area contributed by atoms with E-state index in [9.17, 15) is 9.59 Å². The maximum absolute atomic E-state index is 12.5. The van der Waals surface area contributed by atoms with E-state index >= 15 is 0 Å². The van der Waals surface area contributed by atoms with Crippen LogP contribution in [0.1, 0.15) is 33.2 Å². The smallest absolute Gasteiger partial charge is 0.264 e. The Hall–Kier alpha value is -2.33. The number of fused-ring (bicyclic) bond motifs is 1. The SMILES string of the molecule is Cc1ccc(C2CN(C=O)C(=O)c3cc(Cl)c(C)cc3O2)cc1. The van der Waals surface area contributed by atoms with Crippen molar-refractivity contribution in [2.45, 2.75) is 20.0 Å². The van der Waals surface area contributed by atoms with Crippen LogP contribution < -0.4 is 4.74 Å². The van der Waals surface area contributed by atoms with E-state index in [0.717, 1.165) is 21.6 Å². The molecule has 5 heteroatoms. The first kappa shape index (κ1) is 15.6. The van der Waals surface area contributed by atoms with Crippen LogP contribution >= 0.6 is 11.6 Å². The predicted octanol–water partition coefficient (Wildman–Crippen LogP) is 3.69. The number of carbonyl (C=O) groups excluding carboxylic acids is 2. The number of imide groups is 1. The number of benzene rings is 2. The normalized spacial score (nSPS) is 17.3. The van der Waals surface area contributed by atoms with Gasteiger partial charge in [-0.05, 0) is 37.1 Å². The second kappa shape index (κ2) is 6.05. The molecule has 0 bridgehead atoms. The summed E-state index contributed by atoms with van der Waals surface area (Å²) >= 11 is 6.11. The maximum atomic E-state index is 12.5. The molecule has 1 heterocycles. The highest BCUT2D eigenvalue weighted by Crippen LogP contribution is 2.34. The zero-order valence-corrected chi connectivity index (χ0v) is 13.6. The molecule has 4 nitrogen and oxygen atoms in total. The van der Waals surface area contributed by atoms with Gasteiger partial charge >= 0.3 is 0 Å². The molecule has 1 aliphatic rings. The molecule has 1 unspecified atom stereocenters. The Morgan fingerprint density at radius 2 is 1.91 bits per heavy atom. The van der Waals surface area contributed by atoms with E-state index in [0.29, 0.717) is 22.7 Å². The van der Waals surface area contributed by atoms with E-state index in [2.05, 4.69) is 0 Å². The lowest BCUT2D eigenvalue weighted by Gasteiger charge is -2.20. The van der Waals surface area contributed by atoms with Gasteiger partial charge in [0.1, 0.15) is 11.9 Å². The van der Waals surface area contributed by atoms with Crippen LogP contribution in [0.2, 0.25) is 5.02 Å². The van der Waals surface area contributed by atoms with Crippen molar-refractivity contribution in [2.24, 2.45) is 0 Å². The number of rotatable bonds is 2. The summed E-state index contributed by atoms with van der Waals surface area (Å²) in [4.78, 5) is 25.0. The summed E-state index contributed by atoms with van der Waals surface area (Å²) in [5.41, 5.74) is 3.17. The molecule has 0 N–H and O–H groups in total. The Bertz CT molecular complexity index is 771. The number of nitrogens with zero attached hydrogens (tertiary/aromatic N) is 1. The molecule has 2 amide bonds. The molecule has 0 radical (unpaired) electrons. The second-order valence-corrected chi connectivity index (χ2v) is 6.08. The number of hydrogen-bond donors (Lipinski definition) is 0. The topological polar surface area (TPSA) is 46.6 Å². The largest absolute Gasteiger partial charge is 0.483 e. The van der Waals surface area contributed by atoms with Crippen LogP contribution in [-0.4, -0.2) is 23.8 Å². The molecule has 0 aromatic heterocycles. The van der Waals surface area contributed by atoms with Crippen molar-refractivity contribution in [2.75, 3.05) is 6.54 Å². The molecule has 0 saturated heterocycles. The highest BCUT2D eigenvalue weighted by molar-refractivity contribution is 6.31. The van der Waals surface area contributed by atoms with Crippen LogP contribution in [0.5, 0.6) is 5.75 Å². The van der Waals surface area contributed by atoms with Crippen molar-refractivity contribution in [3.63, 3.8) is 0 Å². The molecule has 2 aromatic carbocycles. The number of carbonyl (C=O) groups is 2. The van der Waals surface area contributed by atoms with Crippen molar-refractivity contribution in [3.8, 4) is 5.75 Å². The highest BCUT2D eigenvalue weighted by Gasteiger charge is 2.30. The summed E-state index contributed by atoms with van der Waals surface area (Å²) in [7, 11) is 0. The van der Waals surface area contributed by atoms with Crippen molar-refractivity contribution < 1.29 is 14.3 Å². The fourth-order valence-corrected chi connectivity index (χ4v) is 2.74. The summed E-state index contributed by atoms with van der Waals surface area (Å²) in [5, 5.41) is 0.473. The first-order valence-electron chi connectivity index (χ1n) is 7.29. The first-order valence-corrected chi connectivity index (χ1v) is 7.67.